The summed E-state index contributed by atoms with van der Waals surface area (Å²) in [5.41, 5.74) is 6.16. The van der Waals surface area contributed by atoms with Crippen LogP contribution >= 0.6 is 11.6 Å². The monoisotopic (exact) mass is 274 g/mol. The smallest absolute Gasteiger partial charge is 0.545 e. The molecule has 0 aromatic carbocycles. The molecule has 2 aromatic heterocycles. The number of carboxylic acid groups (broad SMARTS) is 1. The fourth-order valence-corrected chi connectivity index (χ4v) is 1.44. The standard InChI is InChI=1S/C10H9ClN4O2.Na/c11-6-1-2-7(13-3-6)5-15-9(12)8(4-14-15)10(16)17;/h1-4H,5,12H2,(H,16,17);/q;+1/p-1. The molecule has 2 heterocycles. The van der Waals surface area contributed by atoms with Crippen molar-refractivity contribution in [2.75, 3.05) is 5.73 Å². The minimum atomic E-state index is -1.35. The number of carbonyl (C=O) groups is 1. The van der Waals surface area contributed by atoms with Crippen LogP contribution in [0.3, 0.4) is 0 Å². The summed E-state index contributed by atoms with van der Waals surface area (Å²) >= 11 is 5.70. The first kappa shape index (κ1) is 15.0. The summed E-state index contributed by atoms with van der Waals surface area (Å²) in [5.74, 6) is -1.31. The van der Waals surface area contributed by atoms with Gasteiger partial charge in [-0.3, -0.25) is 4.98 Å². The number of carbonyl (C=O) groups excluding carboxylic acids is 1. The van der Waals surface area contributed by atoms with Crippen LogP contribution in [0, 0.1) is 0 Å². The third-order valence-electron chi connectivity index (χ3n) is 2.20. The fourth-order valence-electron chi connectivity index (χ4n) is 1.33. The molecule has 2 rings (SSSR count). The first-order valence-electron chi connectivity index (χ1n) is 4.71. The number of nitrogens with two attached hydrogens (primary N) is 1. The van der Waals surface area contributed by atoms with Crippen LogP contribution < -0.4 is 40.4 Å². The molecule has 0 aliphatic carbocycles. The molecule has 88 valence electrons. The first-order chi connectivity index (χ1) is 8.08. The Morgan fingerprint density at radius 1 is 1.44 bits per heavy atom. The van der Waals surface area contributed by atoms with E-state index in [9.17, 15) is 9.90 Å². The van der Waals surface area contributed by atoms with Gasteiger partial charge in [0.1, 0.15) is 5.82 Å². The van der Waals surface area contributed by atoms with Crippen LogP contribution in [0.4, 0.5) is 5.82 Å². The van der Waals surface area contributed by atoms with Gasteiger partial charge in [0.15, 0.2) is 0 Å². The van der Waals surface area contributed by atoms with Crippen LogP contribution in [0.1, 0.15) is 16.1 Å². The second kappa shape index (κ2) is 6.19. The number of hydrogen-bond donors (Lipinski definition) is 1. The van der Waals surface area contributed by atoms with Crippen molar-refractivity contribution < 1.29 is 39.5 Å². The van der Waals surface area contributed by atoms with Gasteiger partial charge < -0.3 is 15.6 Å². The Kier molecular flexibility index (Phi) is 5.15. The van der Waals surface area contributed by atoms with E-state index in [0.29, 0.717) is 10.7 Å². The van der Waals surface area contributed by atoms with E-state index in [-0.39, 0.29) is 47.5 Å². The number of anilines is 1. The number of carboxylic acids is 1. The Balaban J connectivity index is 0.00000162. The largest absolute Gasteiger partial charge is 1.00 e. The number of nitrogen functional groups attached to an aromatic ring is 1. The zero-order chi connectivity index (χ0) is 12.4. The van der Waals surface area contributed by atoms with Gasteiger partial charge >= 0.3 is 29.6 Å². The molecular weight excluding hydrogens is 267 g/mol. The quantitative estimate of drug-likeness (QED) is 0.599. The van der Waals surface area contributed by atoms with E-state index >= 15 is 0 Å². The molecule has 0 fully saturated rings. The van der Waals surface area contributed by atoms with E-state index in [1.165, 1.54) is 10.9 Å². The van der Waals surface area contributed by atoms with Crippen LogP contribution in [-0.4, -0.2) is 20.7 Å². The average Bonchev–Trinajstić information content (AvgIpc) is 2.64. The van der Waals surface area contributed by atoms with E-state index in [1.54, 1.807) is 12.1 Å². The Labute approximate surface area is 130 Å². The van der Waals surface area contributed by atoms with Crippen molar-refractivity contribution in [1.29, 1.82) is 0 Å². The molecule has 0 amide bonds. The maximum Gasteiger partial charge on any atom is 1.00 e. The minimum Gasteiger partial charge on any atom is -0.545 e. The van der Waals surface area contributed by atoms with Gasteiger partial charge in [-0.25, -0.2) is 4.68 Å². The molecule has 0 unspecified atom stereocenters. The van der Waals surface area contributed by atoms with Crippen LogP contribution in [0.5, 0.6) is 0 Å². The van der Waals surface area contributed by atoms with Crippen molar-refractivity contribution in [1.82, 2.24) is 14.8 Å². The fraction of sp³-hybridized carbons (Fsp3) is 0.100. The number of rotatable bonds is 3. The molecule has 0 aliphatic heterocycles. The van der Waals surface area contributed by atoms with Gasteiger partial charge in [0, 0.05) is 6.20 Å². The van der Waals surface area contributed by atoms with Crippen LogP contribution in [0.25, 0.3) is 0 Å². The molecule has 0 atom stereocenters. The van der Waals surface area contributed by atoms with Crippen molar-refractivity contribution in [3.8, 4) is 0 Å². The van der Waals surface area contributed by atoms with Gasteiger partial charge in [0.05, 0.1) is 35.0 Å². The summed E-state index contributed by atoms with van der Waals surface area (Å²) in [6.07, 6.45) is 2.65. The van der Waals surface area contributed by atoms with E-state index in [2.05, 4.69) is 10.1 Å². The normalized spacial score (nSPS) is 9.83. The van der Waals surface area contributed by atoms with Gasteiger partial charge in [-0.15, -0.1) is 0 Å². The van der Waals surface area contributed by atoms with Gasteiger partial charge in [-0.1, -0.05) is 11.6 Å². The molecule has 0 saturated carbocycles. The summed E-state index contributed by atoms with van der Waals surface area (Å²) in [6, 6.07) is 3.39. The van der Waals surface area contributed by atoms with Crippen LogP contribution in [-0.2, 0) is 6.54 Å². The molecule has 0 aliphatic rings. The molecule has 0 spiro atoms. The number of nitrogens with zero attached hydrogens (tertiary/aromatic N) is 3. The van der Waals surface area contributed by atoms with E-state index in [1.807, 2.05) is 0 Å². The van der Waals surface area contributed by atoms with Crippen LogP contribution in [0.2, 0.25) is 5.02 Å². The summed E-state index contributed by atoms with van der Waals surface area (Å²) in [6.45, 7) is 0.274. The van der Waals surface area contributed by atoms with Gasteiger partial charge in [0.25, 0.3) is 0 Å². The predicted octanol–water partition coefficient (Wildman–Crippen LogP) is -3.07. The van der Waals surface area contributed by atoms with Gasteiger partial charge in [-0.05, 0) is 12.1 Å². The van der Waals surface area contributed by atoms with Crippen molar-refractivity contribution in [2.24, 2.45) is 0 Å². The van der Waals surface area contributed by atoms with E-state index in [4.69, 9.17) is 17.3 Å². The second-order valence-corrected chi connectivity index (χ2v) is 3.79. The molecule has 8 heteroatoms. The maximum atomic E-state index is 10.7. The average molecular weight is 275 g/mol. The van der Waals surface area contributed by atoms with Crippen LogP contribution in [0.15, 0.2) is 24.5 Å². The Morgan fingerprint density at radius 3 is 2.67 bits per heavy atom. The number of aromatic nitrogens is 3. The number of hydrogen-bond acceptors (Lipinski definition) is 5. The molecule has 6 nitrogen and oxygen atoms in total. The van der Waals surface area contributed by atoms with Gasteiger partial charge in [0.2, 0.25) is 0 Å². The predicted molar refractivity (Wildman–Crippen MR) is 59.3 cm³/mol. The van der Waals surface area contributed by atoms with E-state index in [0.717, 1.165) is 6.20 Å². The number of halogens is 1. The maximum absolute atomic E-state index is 10.7. The number of aromatic carboxylic acids is 1. The Morgan fingerprint density at radius 2 is 2.17 bits per heavy atom. The molecular formula is C10H8ClN4NaO2. The molecule has 2 N–H and O–H groups in total. The Bertz CT molecular complexity index is 556. The first-order valence-corrected chi connectivity index (χ1v) is 5.09. The number of pyridine rings is 1. The van der Waals surface area contributed by atoms with Gasteiger partial charge in [-0.2, -0.15) is 5.10 Å². The minimum absolute atomic E-state index is 0. The summed E-state index contributed by atoms with van der Waals surface area (Å²) < 4.78 is 1.33. The third kappa shape index (κ3) is 3.23. The summed E-state index contributed by atoms with van der Waals surface area (Å²) in [4.78, 5) is 14.7. The van der Waals surface area contributed by atoms with Crippen molar-refractivity contribution >= 4 is 23.4 Å². The summed E-state index contributed by atoms with van der Waals surface area (Å²) in [5, 5.41) is 15.0. The molecule has 18 heavy (non-hydrogen) atoms. The van der Waals surface area contributed by atoms with Crippen molar-refractivity contribution in [3.63, 3.8) is 0 Å². The molecule has 0 saturated heterocycles. The molecule has 2 aromatic rings. The molecule has 0 radical (unpaired) electrons. The second-order valence-electron chi connectivity index (χ2n) is 3.36. The zero-order valence-electron chi connectivity index (χ0n) is 9.63. The SMILES string of the molecule is Nc1c(C(=O)[O-])cnn1Cc1ccc(Cl)cn1.[Na+]. The van der Waals surface area contributed by atoms with Crippen molar-refractivity contribution in [2.45, 2.75) is 6.54 Å². The topological polar surface area (TPSA) is 96.9 Å². The Hall–Kier alpha value is -1.08. The molecule has 0 bridgehead atoms. The van der Waals surface area contributed by atoms with E-state index < -0.39 is 5.97 Å². The van der Waals surface area contributed by atoms with Crippen molar-refractivity contribution in [3.05, 3.63) is 40.8 Å². The summed E-state index contributed by atoms with van der Waals surface area (Å²) in [7, 11) is 0. The third-order valence-corrected chi connectivity index (χ3v) is 2.42. The zero-order valence-corrected chi connectivity index (χ0v) is 12.4.